The summed E-state index contributed by atoms with van der Waals surface area (Å²) in [6, 6.07) is 16.6. The molecule has 1 N–H and O–H groups in total. The molecule has 2 aromatic rings. The van der Waals surface area contributed by atoms with Crippen LogP contribution in [0.25, 0.3) is 0 Å². The summed E-state index contributed by atoms with van der Waals surface area (Å²) in [4.78, 5) is 30.1. The largest absolute Gasteiger partial charge is 0.481 e. The molecule has 2 aromatic carbocycles. The third-order valence-electron chi connectivity index (χ3n) is 6.88. The Kier molecular flexibility index (Phi) is 6.75. The fraction of sp³-hybridized carbons (Fsp3) is 0.481. The average molecular weight is 450 g/mol. The Morgan fingerprint density at radius 3 is 1.88 bits per heavy atom. The number of amides is 2. The van der Waals surface area contributed by atoms with Crippen LogP contribution in [0, 0.1) is 5.92 Å². The van der Waals surface area contributed by atoms with Crippen LogP contribution in [0.3, 0.4) is 0 Å². The van der Waals surface area contributed by atoms with Gasteiger partial charge in [0.1, 0.15) is 0 Å². The van der Waals surface area contributed by atoms with Crippen molar-refractivity contribution in [2.24, 2.45) is 5.92 Å². The van der Waals surface area contributed by atoms with E-state index in [4.69, 9.17) is 5.11 Å². The topological polar surface area (TPSA) is 64.1 Å². The lowest BCUT2D eigenvalue weighted by atomic mass is 9.87. The smallest absolute Gasteiger partial charge is 0.329 e. The Morgan fingerprint density at radius 2 is 1.39 bits per heavy atom. The van der Waals surface area contributed by atoms with Gasteiger partial charge in [-0.2, -0.15) is 0 Å². The molecule has 2 aliphatic heterocycles. The summed E-state index contributed by atoms with van der Waals surface area (Å²) >= 11 is 0. The van der Waals surface area contributed by atoms with Gasteiger partial charge < -0.3 is 5.11 Å². The van der Waals surface area contributed by atoms with Crippen LogP contribution in [0.2, 0.25) is 0 Å². The molecule has 33 heavy (non-hydrogen) atoms. The Morgan fingerprint density at radius 1 is 0.879 bits per heavy atom. The van der Waals surface area contributed by atoms with Crippen LogP contribution in [-0.2, 0) is 16.8 Å². The van der Waals surface area contributed by atoms with E-state index in [2.05, 4.69) is 49.9 Å². The van der Waals surface area contributed by atoms with Gasteiger partial charge in [-0.05, 0) is 72.7 Å². The molecule has 176 valence electrons. The molecule has 6 nitrogen and oxygen atoms in total. The molecule has 0 aliphatic carbocycles. The third kappa shape index (κ3) is 5.56. The molecular formula is C27H35N3O3. The zero-order valence-electron chi connectivity index (χ0n) is 20.0. The molecule has 6 heteroatoms. The summed E-state index contributed by atoms with van der Waals surface area (Å²) in [6.07, 6.45) is 2.17. The number of carboxylic acids is 1. The van der Waals surface area contributed by atoms with Crippen LogP contribution in [-0.4, -0.2) is 48.2 Å². The third-order valence-corrected chi connectivity index (χ3v) is 6.88. The molecule has 2 aliphatic rings. The molecule has 0 saturated carbocycles. The van der Waals surface area contributed by atoms with Crippen molar-refractivity contribution in [1.82, 2.24) is 4.90 Å². The van der Waals surface area contributed by atoms with Gasteiger partial charge in [-0.25, -0.2) is 4.79 Å². The fourth-order valence-electron chi connectivity index (χ4n) is 4.79. The van der Waals surface area contributed by atoms with Crippen molar-refractivity contribution in [2.45, 2.75) is 52.0 Å². The number of nitrogens with zero attached hydrogens (tertiary/aromatic N) is 3. The predicted octanol–water partition coefficient (Wildman–Crippen LogP) is 5.12. The molecule has 2 heterocycles. The highest BCUT2D eigenvalue weighted by molar-refractivity contribution is 6.06. The van der Waals surface area contributed by atoms with E-state index in [1.165, 1.54) is 11.1 Å². The lowest BCUT2D eigenvalue weighted by Crippen LogP contribution is -2.34. The van der Waals surface area contributed by atoms with Gasteiger partial charge in [0.25, 0.3) is 0 Å². The van der Waals surface area contributed by atoms with Crippen molar-refractivity contribution in [1.29, 1.82) is 0 Å². The monoisotopic (exact) mass is 449 g/mol. The van der Waals surface area contributed by atoms with Crippen LogP contribution >= 0.6 is 0 Å². The molecular weight excluding hydrogens is 414 g/mol. The summed E-state index contributed by atoms with van der Waals surface area (Å²) in [6.45, 7) is 10.7. The molecule has 0 unspecified atom stereocenters. The quantitative estimate of drug-likeness (QED) is 0.665. The first-order chi connectivity index (χ1) is 15.7. The van der Waals surface area contributed by atoms with Gasteiger partial charge in [0, 0.05) is 37.4 Å². The number of anilines is 2. The average Bonchev–Trinajstić information content (AvgIpc) is 3.16. The first-order valence-electron chi connectivity index (χ1n) is 11.9. The van der Waals surface area contributed by atoms with Gasteiger partial charge in [-0.15, -0.1) is 0 Å². The van der Waals surface area contributed by atoms with E-state index in [1.807, 2.05) is 34.1 Å². The number of hydrogen-bond acceptors (Lipinski definition) is 3. The molecule has 0 atom stereocenters. The van der Waals surface area contributed by atoms with Gasteiger partial charge >= 0.3 is 12.0 Å². The number of hydrogen-bond donors (Lipinski definition) is 1. The van der Waals surface area contributed by atoms with Crippen LogP contribution in [0.15, 0.2) is 48.5 Å². The summed E-state index contributed by atoms with van der Waals surface area (Å²) < 4.78 is 0. The van der Waals surface area contributed by atoms with Crippen molar-refractivity contribution in [3.8, 4) is 0 Å². The minimum Gasteiger partial charge on any atom is -0.481 e. The highest BCUT2D eigenvalue weighted by Crippen LogP contribution is 2.29. The lowest BCUT2D eigenvalue weighted by Gasteiger charge is -2.31. The van der Waals surface area contributed by atoms with Crippen LogP contribution < -0.4 is 9.80 Å². The van der Waals surface area contributed by atoms with Crippen LogP contribution in [0.5, 0.6) is 0 Å². The van der Waals surface area contributed by atoms with Crippen molar-refractivity contribution in [3.63, 3.8) is 0 Å². The van der Waals surface area contributed by atoms with E-state index in [0.29, 0.717) is 19.0 Å². The number of urea groups is 1. The van der Waals surface area contributed by atoms with E-state index in [-0.39, 0.29) is 17.9 Å². The maximum absolute atomic E-state index is 13.1. The minimum atomic E-state index is -0.694. The Labute approximate surface area is 196 Å². The number of carbonyl (C=O) groups is 2. The number of carboxylic acid groups (broad SMARTS) is 1. The molecule has 2 saturated heterocycles. The van der Waals surface area contributed by atoms with Crippen molar-refractivity contribution in [2.75, 3.05) is 36.0 Å². The number of piperidine rings is 1. The molecule has 0 bridgehead atoms. The highest BCUT2D eigenvalue weighted by Gasteiger charge is 2.31. The molecule has 4 rings (SSSR count). The predicted molar refractivity (Wildman–Crippen MR) is 132 cm³/mol. The molecule has 2 amide bonds. The van der Waals surface area contributed by atoms with Gasteiger partial charge in [0.05, 0.1) is 0 Å². The molecule has 0 radical (unpaired) electrons. The van der Waals surface area contributed by atoms with E-state index in [1.54, 1.807) is 0 Å². The number of likely N-dealkylation sites (tertiary alicyclic amines) is 1. The van der Waals surface area contributed by atoms with Gasteiger partial charge in [-0.1, -0.05) is 45.0 Å². The second kappa shape index (κ2) is 9.56. The van der Waals surface area contributed by atoms with Crippen molar-refractivity contribution < 1.29 is 14.7 Å². The Hall–Kier alpha value is -2.86. The second-order valence-electron chi connectivity index (χ2n) is 10.4. The normalized spacial score (nSPS) is 18.2. The Bertz CT molecular complexity index is 971. The fourth-order valence-corrected chi connectivity index (χ4v) is 4.79. The Balaban J connectivity index is 1.34. The lowest BCUT2D eigenvalue weighted by molar-refractivity contribution is -0.138. The molecule has 0 spiro atoms. The first kappa shape index (κ1) is 23.3. The number of carbonyl (C=O) groups excluding carboxylic acids is 1. The maximum Gasteiger partial charge on any atom is 0.329 e. The number of rotatable bonds is 6. The summed E-state index contributed by atoms with van der Waals surface area (Å²) in [5.74, 6) is -0.393. The van der Waals surface area contributed by atoms with Crippen LogP contribution in [0.4, 0.5) is 16.2 Å². The maximum atomic E-state index is 13.1. The summed E-state index contributed by atoms with van der Waals surface area (Å²) in [7, 11) is 0. The van der Waals surface area contributed by atoms with Crippen LogP contribution in [0.1, 0.15) is 51.2 Å². The molecule has 2 fully saturated rings. The van der Waals surface area contributed by atoms with E-state index in [0.717, 1.165) is 43.9 Å². The second-order valence-corrected chi connectivity index (χ2v) is 10.4. The standard InChI is InChI=1S/C27H35N3O3/c1-27(2,3)22-6-10-24(11-7-22)30-17-16-29(26(30)33)23-8-4-21(5-9-23)19-28-14-12-20(13-15-28)18-25(31)32/h4-11,20H,12-19H2,1-3H3,(H,31,32). The van der Waals surface area contributed by atoms with Gasteiger partial charge in [0.2, 0.25) is 0 Å². The van der Waals surface area contributed by atoms with Crippen molar-refractivity contribution >= 4 is 23.4 Å². The van der Waals surface area contributed by atoms with Gasteiger partial charge in [-0.3, -0.25) is 19.5 Å². The summed E-state index contributed by atoms with van der Waals surface area (Å²) in [5, 5.41) is 8.98. The summed E-state index contributed by atoms with van der Waals surface area (Å²) in [5.41, 5.74) is 4.44. The minimum absolute atomic E-state index is 0.0201. The molecule has 0 aromatic heterocycles. The zero-order valence-corrected chi connectivity index (χ0v) is 20.0. The van der Waals surface area contributed by atoms with Crippen molar-refractivity contribution in [3.05, 3.63) is 59.7 Å². The van der Waals surface area contributed by atoms with Gasteiger partial charge in [0.15, 0.2) is 0 Å². The SMILES string of the molecule is CC(C)(C)c1ccc(N2CCN(c3ccc(CN4CCC(CC(=O)O)CC4)cc3)C2=O)cc1. The van der Waals surface area contributed by atoms with E-state index >= 15 is 0 Å². The highest BCUT2D eigenvalue weighted by atomic mass is 16.4. The number of benzene rings is 2. The van der Waals surface area contributed by atoms with E-state index in [9.17, 15) is 9.59 Å². The first-order valence-corrected chi connectivity index (χ1v) is 11.9. The zero-order chi connectivity index (χ0) is 23.6. The number of aliphatic carboxylic acids is 1. The van der Waals surface area contributed by atoms with E-state index < -0.39 is 5.97 Å².